The first-order chi connectivity index (χ1) is 13.3. The molecule has 0 amide bonds. The molecule has 0 aromatic heterocycles. The highest BCUT2D eigenvalue weighted by molar-refractivity contribution is 8.13. The number of rotatable bonds is 7. The fourth-order valence-corrected chi connectivity index (χ4v) is 6.92. The molecule has 1 fully saturated rings. The van der Waals surface area contributed by atoms with E-state index < -0.39 is 12.1 Å². The van der Waals surface area contributed by atoms with Crippen molar-refractivity contribution in [1.82, 2.24) is 5.09 Å². The first-order valence-electron chi connectivity index (χ1n) is 9.26. The molecule has 2 aromatic carbocycles. The van der Waals surface area contributed by atoms with Crippen molar-refractivity contribution < 1.29 is 9.18 Å². The lowest BCUT2D eigenvalue weighted by Gasteiger charge is -2.39. The zero-order valence-electron chi connectivity index (χ0n) is 15.9. The molecule has 28 heavy (non-hydrogen) atoms. The van der Waals surface area contributed by atoms with E-state index in [1.165, 1.54) is 23.9 Å². The standard InChI is InChI=1S/C21H25ClFN2OPS/c1-25(19-12-10-18(23)11-13-19)27(2,22)24-21(14-6-7-15-21)20(26)28-16-17-8-4-3-5-9-17/h3-5,8-13,24H,2,6-7,14-16H2,1H3. The lowest BCUT2D eigenvalue weighted by atomic mass is 10.0. The minimum atomic E-state index is -2.59. The summed E-state index contributed by atoms with van der Waals surface area (Å²) in [7, 11) is 1.83. The van der Waals surface area contributed by atoms with Gasteiger partial charge in [0.15, 0.2) is 0 Å². The van der Waals surface area contributed by atoms with Crippen LogP contribution in [0.25, 0.3) is 0 Å². The predicted molar refractivity (Wildman–Crippen MR) is 122 cm³/mol. The van der Waals surface area contributed by atoms with Crippen molar-refractivity contribution in [2.75, 3.05) is 11.7 Å². The third-order valence-electron chi connectivity index (χ3n) is 5.12. The number of halogens is 2. The molecule has 1 N–H and O–H groups in total. The van der Waals surface area contributed by atoms with E-state index in [1.807, 2.05) is 42.0 Å². The highest BCUT2D eigenvalue weighted by atomic mass is 35.7. The first kappa shape index (κ1) is 21.4. The molecule has 1 saturated carbocycles. The summed E-state index contributed by atoms with van der Waals surface area (Å²) in [5.74, 6) is 0.342. The fourth-order valence-electron chi connectivity index (χ4n) is 3.44. The number of carbonyl (C=O) groups is 1. The summed E-state index contributed by atoms with van der Waals surface area (Å²) in [6, 6.07) is 16.1. The molecule has 1 aliphatic carbocycles. The van der Waals surface area contributed by atoms with Crippen LogP contribution in [0.1, 0.15) is 31.2 Å². The molecule has 0 aliphatic heterocycles. The minimum Gasteiger partial charge on any atom is -0.333 e. The average molecular weight is 439 g/mol. The normalized spacial score (nSPS) is 17.8. The summed E-state index contributed by atoms with van der Waals surface area (Å²) in [5.41, 5.74) is 1.23. The van der Waals surface area contributed by atoms with Crippen LogP contribution in [0.15, 0.2) is 54.6 Å². The average Bonchev–Trinajstić information content (AvgIpc) is 3.16. The minimum absolute atomic E-state index is 0.120. The Morgan fingerprint density at radius 2 is 1.82 bits per heavy atom. The van der Waals surface area contributed by atoms with Gasteiger partial charge in [-0.25, -0.2) is 4.39 Å². The van der Waals surface area contributed by atoms with E-state index in [2.05, 4.69) is 11.4 Å². The quantitative estimate of drug-likeness (QED) is 0.533. The second-order valence-corrected chi connectivity index (χ2v) is 11.9. The maximum absolute atomic E-state index is 13.2. The molecule has 0 radical (unpaired) electrons. The molecule has 7 heteroatoms. The predicted octanol–water partition coefficient (Wildman–Crippen LogP) is 6.06. The number of benzene rings is 2. The Morgan fingerprint density at radius 3 is 2.43 bits per heavy atom. The summed E-state index contributed by atoms with van der Waals surface area (Å²) in [6.07, 6.45) is 7.71. The monoisotopic (exact) mass is 438 g/mol. The van der Waals surface area contributed by atoms with E-state index in [-0.39, 0.29) is 10.9 Å². The van der Waals surface area contributed by atoms with E-state index >= 15 is 0 Å². The van der Waals surface area contributed by atoms with Crippen LogP contribution in [-0.4, -0.2) is 24.0 Å². The molecule has 150 valence electrons. The first-order valence-corrected chi connectivity index (χ1v) is 13.1. The van der Waals surface area contributed by atoms with Crippen molar-refractivity contribution in [3.63, 3.8) is 0 Å². The maximum Gasteiger partial charge on any atom is 0.209 e. The number of hydrogen-bond donors (Lipinski definition) is 1. The number of carbonyl (C=O) groups excluding carboxylic acids is 1. The van der Waals surface area contributed by atoms with Gasteiger partial charge >= 0.3 is 0 Å². The maximum atomic E-state index is 13.2. The van der Waals surface area contributed by atoms with Crippen LogP contribution >= 0.6 is 29.5 Å². The van der Waals surface area contributed by atoms with Crippen LogP contribution in [0.3, 0.4) is 0 Å². The summed E-state index contributed by atoms with van der Waals surface area (Å²) >= 11 is 8.19. The van der Waals surface area contributed by atoms with Gasteiger partial charge in [0.05, 0.1) is 5.54 Å². The molecule has 0 heterocycles. The fraction of sp³-hybridized carbons (Fsp3) is 0.333. The van der Waals surface area contributed by atoms with Crippen molar-refractivity contribution in [2.24, 2.45) is 0 Å². The molecule has 0 bridgehead atoms. The van der Waals surface area contributed by atoms with Crippen LogP contribution in [0.5, 0.6) is 0 Å². The SMILES string of the molecule is C=P(Cl)(NC1(C(=O)SCc2ccccc2)CCCC1)N(C)c1ccc(F)cc1. The molecule has 1 atom stereocenters. The largest absolute Gasteiger partial charge is 0.333 e. The van der Waals surface area contributed by atoms with Gasteiger partial charge in [-0.1, -0.05) is 72.5 Å². The second kappa shape index (κ2) is 9.04. The van der Waals surface area contributed by atoms with E-state index in [0.29, 0.717) is 5.75 Å². The van der Waals surface area contributed by atoms with Gasteiger partial charge in [-0.15, -0.1) is 0 Å². The van der Waals surface area contributed by atoms with Crippen molar-refractivity contribution in [3.05, 3.63) is 66.0 Å². The lowest BCUT2D eigenvalue weighted by Crippen LogP contribution is -2.48. The summed E-state index contributed by atoms with van der Waals surface area (Å²) in [6.45, 7) is -2.59. The van der Waals surface area contributed by atoms with Gasteiger partial charge in [0.25, 0.3) is 0 Å². The molecule has 3 rings (SSSR count). The summed E-state index contributed by atoms with van der Waals surface area (Å²) in [4.78, 5) is 13.2. The highest BCUT2D eigenvalue weighted by Crippen LogP contribution is 2.55. The van der Waals surface area contributed by atoms with E-state index in [0.717, 1.165) is 36.9 Å². The third-order valence-corrected chi connectivity index (χ3v) is 9.14. The number of anilines is 1. The van der Waals surface area contributed by atoms with E-state index in [4.69, 9.17) is 11.2 Å². The molecular formula is C21H25ClFN2OPS. The van der Waals surface area contributed by atoms with Crippen molar-refractivity contribution in [2.45, 2.75) is 37.0 Å². The second-order valence-electron chi connectivity index (χ2n) is 7.14. The summed E-state index contributed by atoms with van der Waals surface area (Å²) in [5, 5.41) is 3.57. The molecule has 0 saturated heterocycles. The molecular weight excluding hydrogens is 414 g/mol. The van der Waals surface area contributed by atoms with Crippen LogP contribution in [0.4, 0.5) is 10.1 Å². The Bertz CT molecular complexity index is 856. The van der Waals surface area contributed by atoms with Gasteiger partial charge in [0.1, 0.15) is 12.4 Å². The van der Waals surface area contributed by atoms with Crippen molar-refractivity contribution in [3.8, 4) is 0 Å². The van der Waals surface area contributed by atoms with Gasteiger partial charge in [-0.05, 0) is 42.7 Å². The van der Waals surface area contributed by atoms with E-state index in [9.17, 15) is 9.18 Å². The van der Waals surface area contributed by atoms with Gasteiger partial charge < -0.3 is 4.67 Å². The van der Waals surface area contributed by atoms with Crippen molar-refractivity contribution in [1.29, 1.82) is 0 Å². The zero-order chi connectivity index (χ0) is 20.2. The Balaban J connectivity index is 1.74. The Hall–Kier alpha value is -1.26. The number of hydrogen-bond acceptors (Lipinski definition) is 4. The molecule has 1 unspecified atom stereocenters. The number of nitrogens with one attached hydrogen (secondary N) is 1. The molecule has 1 aliphatic rings. The van der Waals surface area contributed by atoms with Gasteiger partial charge in [-0.2, -0.15) is 0 Å². The molecule has 0 spiro atoms. The summed E-state index contributed by atoms with van der Waals surface area (Å²) < 4.78 is 15.1. The van der Waals surface area contributed by atoms with Gasteiger partial charge in [0.2, 0.25) is 5.12 Å². The van der Waals surface area contributed by atoms with Crippen molar-refractivity contribution >= 4 is 46.6 Å². The van der Waals surface area contributed by atoms with Crippen LogP contribution in [-0.2, 0) is 10.5 Å². The number of thioether (sulfide) groups is 1. The van der Waals surface area contributed by atoms with Crippen LogP contribution < -0.4 is 9.76 Å². The zero-order valence-corrected chi connectivity index (χ0v) is 18.4. The Morgan fingerprint density at radius 1 is 1.21 bits per heavy atom. The van der Waals surface area contributed by atoms with E-state index in [1.54, 1.807) is 12.1 Å². The highest BCUT2D eigenvalue weighted by Gasteiger charge is 2.44. The molecule has 3 nitrogen and oxygen atoms in total. The lowest BCUT2D eigenvalue weighted by molar-refractivity contribution is -0.115. The van der Waals surface area contributed by atoms with Crippen LogP contribution in [0, 0.1) is 5.82 Å². The smallest absolute Gasteiger partial charge is 0.209 e. The molecule has 2 aromatic rings. The van der Waals surface area contributed by atoms with Gasteiger partial charge in [-0.3, -0.25) is 9.88 Å². The number of nitrogens with zero attached hydrogens (tertiary/aromatic N) is 1. The third kappa shape index (κ3) is 5.01. The Labute approximate surface area is 175 Å². The van der Waals surface area contributed by atoms with Gasteiger partial charge in [0, 0.05) is 18.5 Å². The Kier molecular flexibility index (Phi) is 6.93. The van der Waals surface area contributed by atoms with Crippen LogP contribution in [0.2, 0.25) is 0 Å². The topological polar surface area (TPSA) is 32.3 Å².